The maximum atomic E-state index is 14.4. The van der Waals surface area contributed by atoms with Crippen molar-refractivity contribution in [3.63, 3.8) is 0 Å². The summed E-state index contributed by atoms with van der Waals surface area (Å²) in [6.07, 6.45) is 2.35. The molecule has 1 atom stereocenters. The molecule has 0 radical (unpaired) electrons. The molecule has 3 aromatic carbocycles. The summed E-state index contributed by atoms with van der Waals surface area (Å²) in [7, 11) is 0. The van der Waals surface area contributed by atoms with Crippen molar-refractivity contribution < 1.29 is 14.6 Å². The number of hydrogen-bond donors (Lipinski definition) is 4. The second-order valence-electron chi connectivity index (χ2n) is 9.32. The first-order chi connectivity index (χ1) is 19.3. The van der Waals surface area contributed by atoms with Gasteiger partial charge in [-0.2, -0.15) is 0 Å². The fraction of sp³-hybridized carbons (Fsp3) is 0.207. The van der Waals surface area contributed by atoms with E-state index in [0.717, 1.165) is 27.6 Å². The van der Waals surface area contributed by atoms with Gasteiger partial charge in [-0.25, -0.2) is 15.1 Å². The summed E-state index contributed by atoms with van der Waals surface area (Å²) in [6.45, 7) is 0.257. The zero-order chi connectivity index (χ0) is 28.5. The Bertz CT molecular complexity index is 1450. The number of aromatic amines is 1. The molecule has 11 heteroatoms. The lowest BCUT2D eigenvalue weighted by Crippen LogP contribution is -2.49. The number of H-pyrrole nitrogens is 1. The van der Waals surface area contributed by atoms with Crippen molar-refractivity contribution in [3.8, 4) is 0 Å². The molecule has 0 aliphatic carbocycles. The van der Waals surface area contributed by atoms with Crippen LogP contribution >= 0.6 is 0 Å². The number of nitrogens with two attached hydrogens (primary N) is 2. The monoisotopic (exact) mass is 541 g/mol. The molecule has 0 fully saturated rings. The van der Waals surface area contributed by atoms with Crippen LogP contribution in [0.4, 0.5) is 0 Å². The van der Waals surface area contributed by atoms with E-state index >= 15 is 0 Å². The second-order valence-corrected chi connectivity index (χ2v) is 9.32. The summed E-state index contributed by atoms with van der Waals surface area (Å²) in [5.74, 6) is -1.94. The summed E-state index contributed by atoms with van der Waals surface area (Å²) < 4.78 is 0. The molecular weight excluding hydrogens is 510 g/mol. The molecule has 0 saturated carbocycles. The van der Waals surface area contributed by atoms with Gasteiger partial charge in [0.2, 0.25) is 11.8 Å². The van der Waals surface area contributed by atoms with E-state index < -0.39 is 22.9 Å². The first-order valence-corrected chi connectivity index (χ1v) is 12.8. The summed E-state index contributed by atoms with van der Waals surface area (Å²) in [6, 6.07) is 25.6. The van der Waals surface area contributed by atoms with E-state index in [9.17, 15) is 19.7 Å². The van der Waals surface area contributed by atoms with Gasteiger partial charge in [-0.1, -0.05) is 72.2 Å². The highest BCUT2D eigenvalue weighted by molar-refractivity contribution is 5.92. The molecular formula is C29H31N7O4. The highest BCUT2D eigenvalue weighted by Gasteiger charge is 2.34. The number of carbonyl (C=O) groups is 2. The molecule has 0 aliphatic rings. The van der Waals surface area contributed by atoms with Crippen LogP contribution in [0.15, 0.2) is 96.1 Å². The van der Waals surface area contributed by atoms with Crippen LogP contribution in [0.2, 0.25) is 0 Å². The van der Waals surface area contributed by atoms with Crippen molar-refractivity contribution in [2.45, 2.75) is 31.3 Å². The van der Waals surface area contributed by atoms with E-state index in [2.05, 4.69) is 9.98 Å². The van der Waals surface area contributed by atoms with Crippen molar-refractivity contribution in [2.75, 3.05) is 6.54 Å². The van der Waals surface area contributed by atoms with E-state index in [-0.39, 0.29) is 31.4 Å². The van der Waals surface area contributed by atoms with Crippen molar-refractivity contribution in [1.82, 2.24) is 15.3 Å². The Hall–Kier alpha value is -5.19. The number of amides is 2. The number of primary amides is 1. The second kappa shape index (κ2) is 13.1. The number of guanidine groups is 1. The number of aliphatic imine (C=N–C) groups is 1. The minimum absolute atomic E-state index is 0.106. The number of carbonyl (C=O) groups excluding carboxylic acids is 2. The predicted molar refractivity (Wildman–Crippen MR) is 152 cm³/mol. The molecule has 0 unspecified atom stereocenters. The third-order valence-electron chi connectivity index (χ3n) is 6.59. The predicted octanol–water partition coefficient (Wildman–Crippen LogP) is 3.06. The number of hydrazine groups is 1. The van der Waals surface area contributed by atoms with Crippen molar-refractivity contribution in [2.24, 2.45) is 16.5 Å². The number of nitro groups is 1. The number of fused-ring (bicyclic) bond motifs is 1. The van der Waals surface area contributed by atoms with E-state index in [1.807, 2.05) is 91.1 Å². The van der Waals surface area contributed by atoms with Gasteiger partial charge in [0.05, 0.1) is 5.92 Å². The van der Waals surface area contributed by atoms with Gasteiger partial charge >= 0.3 is 0 Å². The van der Waals surface area contributed by atoms with E-state index in [1.165, 1.54) is 4.90 Å². The topological polar surface area (TPSA) is 173 Å². The summed E-state index contributed by atoms with van der Waals surface area (Å²) in [4.78, 5) is 46.5. The Morgan fingerprint density at radius 1 is 0.975 bits per heavy atom. The minimum atomic E-state index is -0.954. The average molecular weight is 542 g/mol. The molecule has 0 aliphatic heterocycles. The van der Waals surface area contributed by atoms with Gasteiger partial charge in [0.25, 0.3) is 5.96 Å². The molecule has 4 aromatic rings. The van der Waals surface area contributed by atoms with Crippen LogP contribution in [0.3, 0.4) is 0 Å². The first-order valence-electron chi connectivity index (χ1n) is 12.8. The lowest BCUT2D eigenvalue weighted by atomic mass is 9.89. The summed E-state index contributed by atoms with van der Waals surface area (Å²) in [5.41, 5.74) is 16.5. The van der Waals surface area contributed by atoms with Crippen LogP contribution in [0.1, 0.15) is 35.4 Å². The van der Waals surface area contributed by atoms with Gasteiger partial charge in [0, 0.05) is 24.8 Å². The largest absolute Gasteiger partial charge is 0.368 e. The van der Waals surface area contributed by atoms with Gasteiger partial charge in [-0.3, -0.25) is 9.59 Å². The van der Waals surface area contributed by atoms with Crippen LogP contribution in [0.25, 0.3) is 10.9 Å². The zero-order valence-electron chi connectivity index (χ0n) is 21.8. The van der Waals surface area contributed by atoms with Crippen molar-refractivity contribution in [1.29, 1.82) is 0 Å². The number of benzene rings is 3. The molecule has 11 nitrogen and oxygen atoms in total. The zero-order valence-corrected chi connectivity index (χ0v) is 21.8. The van der Waals surface area contributed by atoms with Gasteiger partial charge in [-0.15, -0.1) is 0 Å². The molecule has 6 N–H and O–H groups in total. The Balaban J connectivity index is 1.69. The number of hydrogen-bond acceptors (Lipinski definition) is 5. The van der Waals surface area contributed by atoms with E-state index in [4.69, 9.17) is 11.5 Å². The van der Waals surface area contributed by atoms with Gasteiger partial charge in [0.1, 0.15) is 6.04 Å². The smallest absolute Gasteiger partial charge is 0.251 e. The highest BCUT2D eigenvalue weighted by Crippen LogP contribution is 2.29. The molecule has 0 saturated heterocycles. The first kappa shape index (κ1) is 27.8. The molecule has 0 bridgehead atoms. The summed E-state index contributed by atoms with van der Waals surface area (Å²) in [5, 5.41) is 10.7. The molecule has 1 heterocycles. The molecule has 2 amide bonds. The lowest BCUT2D eigenvalue weighted by Gasteiger charge is -2.33. The Kier molecular flexibility index (Phi) is 9.08. The standard InChI is InChI=1S/C29H31N7O4/c30-27(37)25(12-7-16-33-29(31)34-36(39)40)35(19-20-13-14-24-23(18-20)15-17-32-24)28(38)26(21-8-3-1-4-9-21)22-10-5-2-6-11-22/h1-6,8-11,13-15,17-18,25-26,32H,7,12,16,19H2,(H2,30,37)(H3,31,33,34)/t25-/m0/s1. The Morgan fingerprint density at radius 2 is 1.62 bits per heavy atom. The van der Waals surface area contributed by atoms with Gasteiger partial charge in [0.15, 0.2) is 5.03 Å². The van der Waals surface area contributed by atoms with Crippen LogP contribution in [-0.2, 0) is 16.1 Å². The van der Waals surface area contributed by atoms with E-state index in [1.54, 1.807) is 5.43 Å². The van der Waals surface area contributed by atoms with Crippen molar-refractivity contribution in [3.05, 3.63) is 118 Å². The molecule has 4 rings (SSSR count). The average Bonchev–Trinajstić information content (AvgIpc) is 3.41. The number of nitrogens with one attached hydrogen (secondary N) is 2. The molecule has 40 heavy (non-hydrogen) atoms. The fourth-order valence-electron chi connectivity index (χ4n) is 4.74. The van der Waals surface area contributed by atoms with Crippen LogP contribution in [-0.4, -0.2) is 45.3 Å². The van der Waals surface area contributed by atoms with Gasteiger partial charge in [-0.05, 0) is 53.1 Å². The Labute approximate surface area is 231 Å². The van der Waals surface area contributed by atoms with Gasteiger partial charge < -0.3 is 21.4 Å². The molecule has 206 valence electrons. The SMILES string of the molecule is NC(=O)[C@H](CCCN=C(N)N[N+](=O)[O-])N(Cc1ccc2[nH]ccc2c1)C(=O)C(c1ccccc1)c1ccccc1. The third-order valence-corrected chi connectivity index (χ3v) is 6.59. The maximum Gasteiger partial charge on any atom is 0.251 e. The normalized spacial score (nSPS) is 12.3. The molecule has 0 spiro atoms. The van der Waals surface area contributed by atoms with Crippen LogP contribution in [0.5, 0.6) is 0 Å². The number of rotatable bonds is 12. The third kappa shape index (κ3) is 7.01. The minimum Gasteiger partial charge on any atom is -0.368 e. The fourth-order valence-corrected chi connectivity index (χ4v) is 4.74. The van der Waals surface area contributed by atoms with Crippen molar-refractivity contribution >= 4 is 28.7 Å². The summed E-state index contributed by atoms with van der Waals surface area (Å²) >= 11 is 0. The quantitative estimate of drug-likeness (QED) is 0.0705. The highest BCUT2D eigenvalue weighted by atomic mass is 16.7. The number of aromatic nitrogens is 1. The molecule has 1 aromatic heterocycles. The van der Waals surface area contributed by atoms with Crippen LogP contribution < -0.4 is 16.9 Å². The Morgan fingerprint density at radius 3 is 2.23 bits per heavy atom. The van der Waals surface area contributed by atoms with E-state index in [0.29, 0.717) is 6.42 Å². The number of nitrogens with zero attached hydrogens (tertiary/aromatic N) is 3. The van der Waals surface area contributed by atoms with Crippen LogP contribution in [0, 0.1) is 10.1 Å². The maximum absolute atomic E-state index is 14.4. The lowest BCUT2D eigenvalue weighted by molar-refractivity contribution is -0.525.